The molecule has 0 bridgehead atoms. The number of aromatic nitrogens is 4. The Kier molecular flexibility index (Phi) is 7.14. The molecule has 10 heteroatoms. The number of carbonyl (C=O) groups excluding carboxylic acids is 1. The number of H-pyrrole nitrogens is 1. The Morgan fingerprint density at radius 3 is 2.68 bits per heavy atom. The third kappa shape index (κ3) is 5.33. The van der Waals surface area contributed by atoms with Gasteiger partial charge in [0, 0.05) is 37.8 Å². The van der Waals surface area contributed by atoms with Gasteiger partial charge in [-0.05, 0) is 79.8 Å². The van der Waals surface area contributed by atoms with Crippen LogP contribution in [0, 0.1) is 12.3 Å². The Morgan fingerprint density at radius 2 is 1.93 bits per heavy atom. The van der Waals surface area contributed by atoms with Gasteiger partial charge in [0.1, 0.15) is 23.0 Å². The first kappa shape index (κ1) is 28.2. The molecule has 3 heterocycles. The zero-order valence-electron chi connectivity index (χ0n) is 25.7. The van der Waals surface area contributed by atoms with Crippen molar-refractivity contribution in [3.05, 3.63) is 54.0 Å². The molecule has 2 aliphatic carbocycles. The van der Waals surface area contributed by atoms with Crippen molar-refractivity contribution in [1.29, 1.82) is 0 Å². The molecular weight excluding hydrogens is 556 g/mol. The number of nitrogens with one attached hydrogen (secondary N) is 2. The van der Waals surface area contributed by atoms with Gasteiger partial charge in [0.2, 0.25) is 11.8 Å². The SMILES string of the molecule is COc1cc(C(=O)N(C)CC2(C)CCC2)ccc1Nc1nc(OC2CCCC2)c2c(-c3ccc4nc(C)oc4c3)c[nH]c2n1. The topological polar surface area (TPSA) is 118 Å². The zero-order valence-corrected chi connectivity index (χ0v) is 25.7. The number of rotatable bonds is 9. The molecule has 7 rings (SSSR count). The third-order valence-electron chi connectivity index (χ3n) is 9.11. The Labute approximate surface area is 256 Å². The summed E-state index contributed by atoms with van der Waals surface area (Å²) in [5.41, 5.74) is 5.52. The van der Waals surface area contributed by atoms with Crippen molar-refractivity contribution in [3.8, 4) is 22.8 Å². The molecule has 5 aromatic rings. The van der Waals surface area contributed by atoms with E-state index in [-0.39, 0.29) is 17.4 Å². The van der Waals surface area contributed by atoms with Gasteiger partial charge in [-0.2, -0.15) is 9.97 Å². The number of fused-ring (bicyclic) bond motifs is 2. The van der Waals surface area contributed by atoms with Crippen LogP contribution in [0.25, 0.3) is 33.3 Å². The molecule has 10 nitrogen and oxygen atoms in total. The van der Waals surface area contributed by atoms with Gasteiger partial charge >= 0.3 is 0 Å². The lowest BCUT2D eigenvalue weighted by molar-refractivity contribution is 0.0601. The van der Waals surface area contributed by atoms with Crippen LogP contribution in [0.5, 0.6) is 11.6 Å². The van der Waals surface area contributed by atoms with Crippen LogP contribution >= 0.6 is 0 Å². The molecule has 2 N–H and O–H groups in total. The summed E-state index contributed by atoms with van der Waals surface area (Å²) in [5.74, 6) is 2.02. The quantitative estimate of drug-likeness (QED) is 0.181. The number of benzene rings is 2. The molecule has 1 amide bonds. The Hall–Kier alpha value is -4.60. The number of hydrogen-bond donors (Lipinski definition) is 2. The van der Waals surface area contributed by atoms with Crippen molar-refractivity contribution in [2.24, 2.45) is 5.41 Å². The van der Waals surface area contributed by atoms with Crippen molar-refractivity contribution in [3.63, 3.8) is 0 Å². The minimum absolute atomic E-state index is 0.0227. The molecule has 228 valence electrons. The standard InChI is InChI=1S/C34H38N6O4/c1-20-36-26-12-10-21(16-28(26)43-20)24-18-35-30-29(24)31(44-23-8-5-6-9-23)39-33(38-30)37-25-13-11-22(17-27(25)42-4)32(41)40(3)19-34(2)14-7-15-34/h10-13,16-18,23H,5-9,14-15,19H2,1-4H3,(H2,35,37,38,39). The molecule has 0 radical (unpaired) electrons. The van der Waals surface area contributed by atoms with Crippen LogP contribution < -0.4 is 14.8 Å². The number of ether oxygens (including phenoxy) is 2. The molecule has 2 aliphatic rings. The van der Waals surface area contributed by atoms with E-state index in [0.717, 1.165) is 72.7 Å². The van der Waals surface area contributed by atoms with Crippen molar-refractivity contribution in [2.75, 3.05) is 26.0 Å². The van der Waals surface area contributed by atoms with Crippen LogP contribution in [0.4, 0.5) is 11.6 Å². The van der Waals surface area contributed by atoms with Crippen molar-refractivity contribution < 1.29 is 18.7 Å². The van der Waals surface area contributed by atoms with Crippen LogP contribution in [-0.2, 0) is 0 Å². The van der Waals surface area contributed by atoms with E-state index in [1.54, 1.807) is 13.2 Å². The van der Waals surface area contributed by atoms with Crippen LogP contribution in [0.15, 0.2) is 47.0 Å². The smallest absolute Gasteiger partial charge is 0.253 e. The second kappa shape index (κ2) is 11.2. The number of methoxy groups -OCH3 is 1. The Balaban J connectivity index is 1.21. The van der Waals surface area contributed by atoms with E-state index < -0.39 is 0 Å². The van der Waals surface area contributed by atoms with Crippen LogP contribution in [0.2, 0.25) is 0 Å². The van der Waals surface area contributed by atoms with Gasteiger partial charge in [-0.1, -0.05) is 19.4 Å². The van der Waals surface area contributed by atoms with Gasteiger partial charge in [-0.25, -0.2) is 4.98 Å². The largest absolute Gasteiger partial charge is 0.495 e. The van der Waals surface area contributed by atoms with E-state index in [0.29, 0.717) is 40.4 Å². The second-order valence-corrected chi connectivity index (χ2v) is 12.6. The maximum Gasteiger partial charge on any atom is 0.253 e. The van der Waals surface area contributed by atoms with Gasteiger partial charge < -0.3 is 29.1 Å². The molecule has 0 atom stereocenters. The lowest BCUT2D eigenvalue weighted by atomic mass is 9.70. The van der Waals surface area contributed by atoms with Gasteiger partial charge in [-0.3, -0.25) is 4.79 Å². The maximum atomic E-state index is 13.2. The van der Waals surface area contributed by atoms with Crippen molar-refractivity contribution >= 4 is 39.7 Å². The van der Waals surface area contributed by atoms with E-state index in [1.807, 2.05) is 55.4 Å². The predicted octanol–water partition coefficient (Wildman–Crippen LogP) is 7.41. The number of aromatic amines is 1. The molecule has 2 fully saturated rings. The van der Waals surface area contributed by atoms with Gasteiger partial charge in [0.25, 0.3) is 5.91 Å². The number of oxazole rings is 1. The maximum absolute atomic E-state index is 13.2. The van der Waals surface area contributed by atoms with Gasteiger partial charge in [0.05, 0.1) is 18.2 Å². The Bertz CT molecular complexity index is 1850. The lowest BCUT2D eigenvalue weighted by Gasteiger charge is -2.41. The summed E-state index contributed by atoms with van der Waals surface area (Å²) in [6.45, 7) is 4.84. The highest BCUT2D eigenvalue weighted by atomic mass is 16.5. The number of amides is 1. The van der Waals surface area contributed by atoms with Crippen LogP contribution in [0.1, 0.15) is 68.1 Å². The second-order valence-electron chi connectivity index (χ2n) is 12.6. The fraction of sp³-hybridized carbons (Fsp3) is 0.412. The highest BCUT2D eigenvalue weighted by Gasteiger charge is 2.34. The summed E-state index contributed by atoms with van der Waals surface area (Å²) < 4.78 is 18.0. The molecule has 0 aliphatic heterocycles. The summed E-state index contributed by atoms with van der Waals surface area (Å²) in [6, 6.07) is 11.4. The number of nitrogens with zero attached hydrogens (tertiary/aromatic N) is 4. The number of aryl methyl sites for hydroxylation is 1. The monoisotopic (exact) mass is 594 g/mol. The summed E-state index contributed by atoms with van der Waals surface area (Å²) in [5, 5.41) is 4.13. The van der Waals surface area contributed by atoms with E-state index in [1.165, 1.54) is 6.42 Å². The molecule has 0 saturated heterocycles. The zero-order chi connectivity index (χ0) is 30.4. The molecule has 3 aromatic heterocycles. The highest BCUT2D eigenvalue weighted by Crippen LogP contribution is 2.41. The summed E-state index contributed by atoms with van der Waals surface area (Å²) in [7, 11) is 3.46. The van der Waals surface area contributed by atoms with Gasteiger partial charge in [-0.15, -0.1) is 0 Å². The van der Waals surface area contributed by atoms with Crippen molar-refractivity contribution in [2.45, 2.75) is 64.9 Å². The lowest BCUT2D eigenvalue weighted by Crippen LogP contribution is -2.41. The molecule has 0 unspecified atom stereocenters. The average Bonchev–Trinajstić information content (AvgIpc) is 3.75. The van der Waals surface area contributed by atoms with Crippen LogP contribution in [0.3, 0.4) is 0 Å². The summed E-state index contributed by atoms with van der Waals surface area (Å²) in [4.78, 5) is 32.5. The van der Waals surface area contributed by atoms with E-state index >= 15 is 0 Å². The normalized spacial score (nSPS) is 16.3. The van der Waals surface area contributed by atoms with E-state index in [2.05, 4.69) is 22.2 Å². The molecule has 44 heavy (non-hydrogen) atoms. The number of carbonyl (C=O) groups is 1. The number of hydrogen-bond acceptors (Lipinski definition) is 8. The van der Waals surface area contributed by atoms with E-state index in [9.17, 15) is 4.79 Å². The minimum atomic E-state index is -0.0227. The number of anilines is 2. The van der Waals surface area contributed by atoms with E-state index in [4.69, 9.17) is 23.9 Å². The fourth-order valence-electron chi connectivity index (χ4n) is 6.59. The molecular formula is C34H38N6O4. The Morgan fingerprint density at radius 1 is 1.11 bits per heavy atom. The molecule has 2 saturated carbocycles. The summed E-state index contributed by atoms with van der Waals surface area (Å²) in [6.07, 6.45) is 9.85. The fourth-order valence-corrected chi connectivity index (χ4v) is 6.59. The first-order chi connectivity index (χ1) is 21.3. The first-order valence-electron chi connectivity index (χ1n) is 15.4. The summed E-state index contributed by atoms with van der Waals surface area (Å²) >= 11 is 0. The average molecular weight is 595 g/mol. The van der Waals surface area contributed by atoms with Gasteiger partial charge in [0.15, 0.2) is 11.5 Å². The first-order valence-corrected chi connectivity index (χ1v) is 15.4. The third-order valence-corrected chi connectivity index (χ3v) is 9.11. The van der Waals surface area contributed by atoms with Crippen LogP contribution in [-0.4, -0.2) is 57.5 Å². The minimum Gasteiger partial charge on any atom is -0.495 e. The molecule has 2 aromatic carbocycles. The van der Waals surface area contributed by atoms with Crippen molar-refractivity contribution in [1.82, 2.24) is 24.8 Å². The molecule has 0 spiro atoms. The predicted molar refractivity (Wildman–Crippen MR) is 170 cm³/mol. The highest BCUT2D eigenvalue weighted by molar-refractivity contribution is 5.99.